The Bertz CT molecular complexity index is 942. The first kappa shape index (κ1) is 21.2. The van der Waals surface area contributed by atoms with E-state index in [1.807, 2.05) is 14.0 Å². The van der Waals surface area contributed by atoms with E-state index < -0.39 is 12.8 Å². The summed E-state index contributed by atoms with van der Waals surface area (Å²) in [7, 11) is 1.41. The van der Waals surface area contributed by atoms with Crippen molar-refractivity contribution in [3.63, 3.8) is 0 Å². The molecule has 7 heteroatoms. The number of ether oxygens (including phenoxy) is 1. The lowest BCUT2D eigenvalue weighted by Crippen LogP contribution is -2.44. The largest absolute Gasteiger partial charge is 0.494 e. The van der Waals surface area contributed by atoms with Crippen LogP contribution in [0, 0.1) is 5.41 Å². The predicted octanol–water partition coefficient (Wildman–Crippen LogP) is 3.10. The topological polar surface area (TPSA) is 78.4 Å². The number of hydrogen-bond acceptors (Lipinski definition) is 6. The second-order valence-electron chi connectivity index (χ2n) is 10.8. The molecule has 0 radical (unpaired) electrons. The Morgan fingerprint density at radius 3 is 2.26 bits per heavy atom. The molecule has 0 aromatic heterocycles. The van der Waals surface area contributed by atoms with E-state index in [1.54, 1.807) is 0 Å². The van der Waals surface area contributed by atoms with Gasteiger partial charge in [-0.1, -0.05) is 18.2 Å². The van der Waals surface area contributed by atoms with Crippen LogP contribution in [0.3, 0.4) is 0 Å². The molecular formula is C24H34BN3O3. The van der Waals surface area contributed by atoms with Gasteiger partial charge in [-0.05, 0) is 77.7 Å². The van der Waals surface area contributed by atoms with Gasteiger partial charge in [-0.15, -0.1) is 0 Å². The van der Waals surface area contributed by atoms with Gasteiger partial charge in [0, 0.05) is 18.1 Å². The highest BCUT2D eigenvalue weighted by Crippen LogP contribution is 2.61. The number of aliphatic imine (C=N–C) groups is 2. The van der Waals surface area contributed by atoms with Crippen molar-refractivity contribution in [1.29, 1.82) is 0 Å². The Hall–Kier alpha value is -1.70. The maximum absolute atomic E-state index is 6.33. The zero-order chi connectivity index (χ0) is 22.2. The van der Waals surface area contributed by atoms with Crippen LogP contribution in [-0.2, 0) is 26.1 Å². The second kappa shape index (κ2) is 6.66. The van der Waals surface area contributed by atoms with Crippen molar-refractivity contribution >= 4 is 24.1 Å². The monoisotopic (exact) mass is 423 g/mol. The third-order valence-corrected chi connectivity index (χ3v) is 8.51. The summed E-state index contributed by atoms with van der Waals surface area (Å²) in [4.78, 5) is 10.2. The number of nitrogens with two attached hydrogens (primary N) is 1. The number of rotatable bonds is 2. The number of hydrogen-bond donors (Lipinski definition) is 1. The van der Waals surface area contributed by atoms with E-state index in [0.29, 0.717) is 11.9 Å². The lowest BCUT2D eigenvalue weighted by Gasteiger charge is -2.44. The summed E-state index contributed by atoms with van der Waals surface area (Å²) in [6.07, 6.45) is 5.40. The molecule has 1 aromatic rings. The molecule has 2 aliphatic carbocycles. The molecule has 1 saturated carbocycles. The molecule has 0 amide bonds. The van der Waals surface area contributed by atoms with Crippen LogP contribution in [0.4, 0.5) is 0 Å². The van der Waals surface area contributed by atoms with E-state index in [9.17, 15) is 0 Å². The first-order chi connectivity index (χ1) is 14.5. The molecule has 2 aliphatic heterocycles. The first-order valence-corrected chi connectivity index (χ1v) is 11.5. The van der Waals surface area contributed by atoms with Crippen LogP contribution in [0.25, 0.3) is 0 Å². The van der Waals surface area contributed by atoms with Gasteiger partial charge in [-0.25, -0.2) is 4.99 Å². The second-order valence-corrected chi connectivity index (χ2v) is 10.8. The van der Waals surface area contributed by atoms with Gasteiger partial charge in [0.15, 0.2) is 5.66 Å². The van der Waals surface area contributed by atoms with Gasteiger partial charge in [-0.3, -0.25) is 4.99 Å². The number of amidine groups is 1. The van der Waals surface area contributed by atoms with Crippen molar-refractivity contribution in [2.75, 3.05) is 7.11 Å². The maximum Gasteiger partial charge on any atom is 0.494 e. The molecule has 2 N–H and O–H groups in total. The molecule has 2 fully saturated rings. The van der Waals surface area contributed by atoms with E-state index in [-0.39, 0.29) is 16.6 Å². The summed E-state index contributed by atoms with van der Waals surface area (Å²) in [5.74, 6) is 0.558. The molecule has 5 rings (SSSR count). The van der Waals surface area contributed by atoms with Crippen LogP contribution >= 0.6 is 0 Å². The normalized spacial score (nSPS) is 35.5. The molecule has 2 spiro atoms. The average molecular weight is 423 g/mol. The Labute approximate surface area is 185 Å². The van der Waals surface area contributed by atoms with Gasteiger partial charge < -0.3 is 19.8 Å². The fourth-order valence-electron chi connectivity index (χ4n) is 5.81. The third kappa shape index (κ3) is 2.89. The van der Waals surface area contributed by atoms with Crippen molar-refractivity contribution in [2.45, 2.75) is 89.7 Å². The Morgan fingerprint density at radius 2 is 1.71 bits per heavy atom. The van der Waals surface area contributed by atoms with Crippen molar-refractivity contribution in [3.05, 3.63) is 29.3 Å². The highest BCUT2D eigenvalue weighted by molar-refractivity contribution is 6.62. The van der Waals surface area contributed by atoms with Crippen LogP contribution in [0.2, 0.25) is 0 Å². The number of benzene rings is 1. The summed E-state index contributed by atoms with van der Waals surface area (Å²) < 4.78 is 18.3. The van der Waals surface area contributed by atoms with Crippen molar-refractivity contribution < 1.29 is 14.0 Å². The van der Waals surface area contributed by atoms with Gasteiger partial charge in [0.1, 0.15) is 5.84 Å². The molecule has 4 aliphatic rings. The number of methoxy groups -OCH3 is 1. The van der Waals surface area contributed by atoms with Gasteiger partial charge in [0.05, 0.1) is 23.0 Å². The van der Waals surface area contributed by atoms with Crippen LogP contribution < -0.4 is 11.2 Å². The van der Waals surface area contributed by atoms with Gasteiger partial charge in [0.25, 0.3) is 0 Å². The summed E-state index contributed by atoms with van der Waals surface area (Å²) in [6, 6.07) is 6.59. The van der Waals surface area contributed by atoms with Crippen molar-refractivity contribution in [2.24, 2.45) is 21.1 Å². The molecule has 0 bridgehead atoms. The number of nitrogens with zero attached hydrogens (tertiary/aromatic N) is 2. The molecule has 1 atom stereocenters. The minimum atomic E-state index is -0.644. The fourth-order valence-corrected chi connectivity index (χ4v) is 5.81. The molecule has 1 saturated heterocycles. The van der Waals surface area contributed by atoms with E-state index >= 15 is 0 Å². The summed E-state index contributed by atoms with van der Waals surface area (Å²) in [6.45, 7) is 10.3. The van der Waals surface area contributed by atoms with E-state index in [0.717, 1.165) is 48.8 Å². The van der Waals surface area contributed by atoms with Crippen LogP contribution in [-0.4, -0.2) is 43.1 Å². The third-order valence-electron chi connectivity index (χ3n) is 8.51. The summed E-state index contributed by atoms with van der Waals surface area (Å²) >= 11 is 0. The Kier molecular flexibility index (Phi) is 4.55. The SMILES string of the molecule is CO[C@H]1CC[C@]2(CC1)Cc1ccc(B3OC(C)(C)C(C)(C)O3)cc1C21N=C(C)C(N)=N1. The smallest absolute Gasteiger partial charge is 0.399 e. The molecule has 6 nitrogen and oxygen atoms in total. The highest BCUT2D eigenvalue weighted by Gasteiger charge is 2.61. The lowest BCUT2D eigenvalue weighted by molar-refractivity contribution is -0.000369. The fraction of sp³-hybridized carbons (Fsp3) is 0.667. The Balaban J connectivity index is 1.58. The van der Waals surface area contributed by atoms with Crippen LogP contribution in [0.15, 0.2) is 28.2 Å². The lowest BCUT2D eigenvalue weighted by atomic mass is 9.65. The molecule has 2 heterocycles. The van der Waals surface area contributed by atoms with Crippen LogP contribution in [0.5, 0.6) is 0 Å². The van der Waals surface area contributed by atoms with Gasteiger partial charge >= 0.3 is 7.12 Å². The first-order valence-electron chi connectivity index (χ1n) is 11.5. The van der Waals surface area contributed by atoms with Gasteiger partial charge in [-0.2, -0.15) is 0 Å². The quantitative estimate of drug-likeness (QED) is 0.742. The molecular weight excluding hydrogens is 389 g/mol. The average Bonchev–Trinajstić information content (AvgIpc) is 3.24. The number of fused-ring (bicyclic) bond motifs is 3. The molecule has 1 aromatic carbocycles. The van der Waals surface area contributed by atoms with Gasteiger partial charge in [0.2, 0.25) is 0 Å². The van der Waals surface area contributed by atoms with Crippen LogP contribution in [0.1, 0.15) is 71.4 Å². The summed E-state index contributed by atoms with van der Waals surface area (Å²) in [5, 5.41) is 0. The minimum Gasteiger partial charge on any atom is -0.399 e. The van der Waals surface area contributed by atoms with E-state index in [4.69, 9.17) is 29.8 Å². The zero-order valence-electron chi connectivity index (χ0n) is 19.6. The predicted molar refractivity (Wildman–Crippen MR) is 124 cm³/mol. The summed E-state index contributed by atoms with van der Waals surface area (Å²) in [5.41, 5.74) is 9.19. The standard InChI is InChI=1S/C24H34BN3O3/c1-15-20(26)28-24(27-15)19-13-17(25-30-21(2,3)22(4,5)31-25)8-7-16(19)14-23(24)11-9-18(29-6)10-12-23/h7-8,13,18H,9-12,14H2,1-6H3,(H2,26,28)/t18-,23-,24?. The maximum atomic E-state index is 6.33. The van der Waals surface area contributed by atoms with Crippen molar-refractivity contribution in [1.82, 2.24) is 0 Å². The Morgan fingerprint density at radius 1 is 1.06 bits per heavy atom. The van der Waals surface area contributed by atoms with E-state index in [1.165, 1.54) is 5.56 Å². The minimum absolute atomic E-state index is 0.0543. The highest BCUT2D eigenvalue weighted by atomic mass is 16.7. The van der Waals surface area contributed by atoms with Crippen molar-refractivity contribution in [3.8, 4) is 0 Å². The molecule has 166 valence electrons. The van der Waals surface area contributed by atoms with E-state index in [2.05, 4.69) is 45.9 Å². The molecule has 1 unspecified atom stereocenters. The molecule has 31 heavy (non-hydrogen) atoms. The zero-order valence-corrected chi connectivity index (χ0v) is 19.6.